The third kappa shape index (κ3) is 3.13. The fourth-order valence-corrected chi connectivity index (χ4v) is 1.98. The molecule has 0 heterocycles. The van der Waals surface area contributed by atoms with Gasteiger partial charge in [-0.2, -0.15) is 0 Å². The van der Waals surface area contributed by atoms with E-state index in [4.69, 9.17) is 5.11 Å². The first-order chi connectivity index (χ1) is 6.61. The second kappa shape index (κ2) is 5.13. The molecule has 1 unspecified atom stereocenters. The Morgan fingerprint density at radius 2 is 1.86 bits per heavy atom. The Bertz CT molecular complexity index is 217. The zero-order valence-electron chi connectivity index (χ0n) is 8.66. The summed E-state index contributed by atoms with van der Waals surface area (Å²) in [5, 5.41) is 8.68. The maximum absolute atomic E-state index is 11.6. The first-order valence-corrected chi connectivity index (χ1v) is 5.36. The molecule has 14 heavy (non-hydrogen) atoms. The van der Waals surface area contributed by atoms with E-state index in [0.29, 0.717) is 0 Å². The number of carboxylic acids is 1. The topological polar surface area (TPSA) is 54.4 Å². The largest absolute Gasteiger partial charge is 0.481 e. The van der Waals surface area contributed by atoms with Crippen molar-refractivity contribution in [2.24, 2.45) is 11.8 Å². The number of hydrogen-bond donors (Lipinski definition) is 1. The number of carbonyl (C=O) groups excluding carboxylic acids is 1. The van der Waals surface area contributed by atoms with Gasteiger partial charge in [-0.3, -0.25) is 9.59 Å². The summed E-state index contributed by atoms with van der Waals surface area (Å²) in [6.45, 7) is 1.60. The Hall–Kier alpha value is -0.860. The third-order valence-corrected chi connectivity index (χ3v) is 2.99. The van der Waals surface area contributed by atoms with Crippen LogP contribution in [0.15, 0.2) is 0 Å². The predicted molar refractivity (Wildman–Crippen MR) is 53.0 cm³/mol. The molecule has 1 rings (SSSR count). The first kappa shape index (κ1) is 11.2. The molecule has 0 radical (unpaired) electrons. The monoisotopic (exact) mass is 198 g/mol. The van der Waals surface area contributed by atoms with Crippen LogP contribution in [0.25, 0.3) is 0 Å². The average molecular weight is 198 g/mol. The highest BCUT2D eigenvalue weighted by Gasteiger charge is 2.24. The molecule has 0 bridgehead atoms. The smallest absolute Gasteiger partial charge is 0.306 e. The van der Waals surface area contributed by atoms with E-state index in [1.807, 2.05) is 0 Å². The minimum absolute atomic E-state index is 0.144. The normalized spacial score (nSPS) is 20.4. The van der Waals surface area contributed by atoms with E-state index in [-0.39, 0.29) is 18.1 Å². The Morgan fingerprint density at radius 1 is 1.29 bits per heavy atom. The van der Waals surface area contributed by atoms with Crippen molar-refractivity contribution in [3.63, 3.8) is 0 Å². The second-order valence-corrected chi connectivity index (χ2v) is 4.24. The highest BCUT2D eigenvalue weighted by molar-refractivity contribution is 5.85. The van der Waals surface area contributed by atoms with Gasteiger partial charge in [0.05, 0.1) is 5.92 Å². The van der Waals surface area contributed by atoms with Crippen LogP contribution in [0.1, 0.15) is 45.4 Å². The van der Waals surface area contributed by atoms with E-state index >= 15 is 0 Å². The summed E-state index contributed by atoms with van der Waals surface area (Å²) >= 11 is 0. The third-order valence-electron chi connectivity index (χ3n) is 2.99. The van der Waals surface area contributed by atoms with Crippen molar-refractivity contribution >= 4 is 11.8 Å². The standard InChI is InChI=1S/C11H18O3/c1-8(11(13)14)7-10(12)9-5-3-2-4-6-9/h8-9H,2-7H2,1H3,(H,13,14). The van der Waals surface area contributed by atoms with E-state index in [1.165, 1.54) is 6.42 Å². The number of aliphatic carboxylic acids is 1. The molecule has 1 aliphatic rings. The number of carbonyl (C=O) groups is 2. The zero-order chi connectivity index (χ0) is 10.6. The fourth-order valence-electron chi connectivity index (χ4n) is 1.98. The van der Waals surface area contributed by atoms with Crippen LogP contribution in [0.4, 0.5) is 0 Å². The molecule has 80 valence electrons. The summed E-state index contributed by atoms with van der Waals surface area (Å²) in [5.74, 6) is -1.09. The van der Waals surface area contributed by atoms with Crippen LogP contribution in [-0.2, 0) is 9.59 Å². The highest BCUT2D eigenvalue weighted by atomic mass is 16.4. The van der Waals surface area contributed by atoms with Crippen LogP contribution in [0.5, 0.6) is 0 Å². The van der Waals surface area contributed by atoms with E-state index in [9.17, 15) is 9.59 Å². The lowest BCUT2D eigenvalue weighted by atomic mass is 9.83. The molecule has 0 amide bonds. The molecule has 1 fully saturated rings. The molecule has 1 saturated carbocycles. The Balaban J connectivity index is 2.36. The van der Waals surface area contributed by atoms with Gasteiger partial charge in [-0.15, -0.1) is 0 Å². The minimum Gasteiger partial charge on any atom is -0.481 e. The van der Waals surface area contributed by atoms with E-state index in [1.54, 1.807) is 6.92 Å². The van der Waals surface area contributed by atoms with Crippen LogP contribution >= 0.6 is 0 Å². The number of carboxylic acid groups (broad SMARTS) is 1. The second-order valence-electron chi connectivity index (χ2n) is 4.24. The average Bonchev–Trinajstić information content (AvgIpc) is 2.19. The molecule has 0 aromatic rings. The summed E-state index contributed by atoms with van der Waals surface area (Å²) in [4.78, 5) is 22.2. The maximum Gasteiger partial charge on any atom is 0.306 e. The van der Waals surface area contributed by atoms with Crippen molar-refractivity contribution in [3.8, 4) is 0 Å². The number of ketones is 1. The molecule has 0 saturated heterocycles. The van der Waals surface area contributed by atoms with Crippen molar-refractivity contribution in [2.45, 2.75) is 45.4 Å². The van der Waals surface area contributed by atoms with E-state index in [2.05, 4.69) is 0 Å². The van der Waals surface area contributed by atoms with Crippen molar-refractivity contribution in [1.29, 1.82) is 0 Å². The zero-order valence-corrected chi connectivity index (χ0v) is 8.66. The molecule has 0 aromatic carbocycles. The van der Waals surface area contributed by atoms with Crippen molar-refractivity contribution in [2.75, 3.05) is 0 Å². The Labute approximate surface area is 84.5 Å². The van der Waals surface area contributed by atoms with Crippen molar-refractivity contribution in [1.82, 2.24) is 0 Å². The molecular weight excluding hydrogens is 180 g/mol. The predicted octanol–water partition coefficient (Wildman–Crippen LogP) is 2.25. The molecule has 1 N–H and O–H groups in total. The Morgan fingerprint density at radius 3 is 2.36 bits per heavy atom. The van der Waals surface area contributed by atoms with Crippen LogP contribution in [-0.4, -0.2) is 16.9 Å². The van der Waals surface area contributed by atoms with Gasteiger partial charge in [0.25, 0.3) is 0 Å². The summed E-state index contributed by atoms with van der Waals surface area (Å²) < 4.78 is 0. The quantitative estimate of drug-likeness (QED) is 0.753. The van der Waals surface area contributed by atoms with Gasteiger partial charge >= 0.3 is 5.97 Å². The lowest BCUT2D eigenvalue weighted by Gasteiger charge is -2.20. The maximum atomic E-state index is 11.6. The van der Waals surface area contributed by atoms with Gasteiger partial charge in [0.2, 0.25) is 0 Å². The SMILES string of the molecule is CC(CC(=O)C1CCCCC1)C(=O)O. The van der Waals surface area contributed by atoms with Gasteiger partial charge in [-0.1, -0.05) is 26.2 Å². The summed E-state index contributed by atoms with van der Waals surface area (Å²) in [7, 11) is 0. The van der Waals surface area contributed by atoms with Gasteiger partial charge in [-0.05, 0) is 12.8 Å². The van der Waals surface area contributed by atoms with Crippen LogP contribution in [0, 0.1) is 11.8 Å². The highest BCUT2D eigenvalue weighted by Crippen LogP contribution is 2.26. The van der Waals surface area contributed by atoms with E-state index in [0.717, 1.165) is 25.7 Å². The molecule has 1 aliphatic carbocycles. The summed E-state index contributed by atoms with van der Waals surface area (Å²) in [6.07, 6.45) is 5.60. The van der Waals surface area contributed by atoms with Crippen molar-refractivity contribution < 1.29 is 14.7 Å². The molecule has 0 spiro atoms. The van der Waals surface area contributed by atoms with Crippen LogP contribution < -0.4 is 0 Å². The van der Waals surface area contributed by atoms with Gasteiger partial charge in [0.1, 0.15) is 5.78 Å². The van der Waals surface area contributed by atoms with Crippen LogP contribution in [0.2, 0.25) is 0 Å². The van der Waals surface area contributed by atoms with E-state index < -0.39 is 11.9 Å². The van der Waals surface area contributed by atoms with Crippen molar-refractivity contribution in [3.05, 3.63) is 0 Å². The summed E-state index contributed by atoms with van der Waals surface area (Å²) in [6, 6.07) is 0. The molecule has 1 atom stereocenters. The molecule has 0 aliphatic heterocycles. The Kier molecular flexibility index (Phi) is 4.11. The number of Topliss-reactive ketones (excluding diaryl/α,β-unsaturated/α-hetero) is 1. The summed E-state index contributed by atoms with van der Waals surface area (Å²) in [5.41, 5.74) is 0. The van der Waals surface area contributed by atoms with Crippen LogP contribution in [0.3, 0.4) is 0 Å². The van der Waals surface area contributed by atoms with Gasteiger partial charge < -0.3 is 5.11 Å². The molecule has 0 aromatic heterocycles. The molecule has 3 heteroatoms. The lowest BCUT2D eigenvalue weighted by molar-refractivity contribution is -0.143. The number of hydrogen-bond acceptors (Lipinski definition) is 2. The lowest BCUT2D eigenvalue weighted by Crippen LogP contribution is -2.22. The van der Waals surface area contributed by atoms with Gasteiger partial charge in [0.15, 0.2) is 0 Å². The number of rotatable bonds is 4. The minimum atomic E-state index is -0.867. The van der Waals surface area contributed by atoms with Gasteiger partial charge in [-0.25, -0.2) is 0 Å². The molecular formula is C11H18O3. The fraction of sp³-hybridized carbons (Fsp3) is 0.818. The first-order valence-electron chi connectivity index (χ1n) is 5.36. The molecule has 3 nitrogen and oxygen atoms in total. The van der Waals surface area contributed by atoms with Gasteiger partial charge in [0, 0.05) is 12.3 Å².